The van der Waals surface area contributed by atoms with Crippen molar-refractivity contribution in [2.75, 3.05) is 11.9 Å². The third kappa shape index (κ3) is 1.93. The van der Waals surface area contributed by atoms with E-state index in [1.165, 1.54) is 11.6 Å². The van der Waals surface area contributed by atoms with Crippen molar-refractivity contribution in [3.05, 3.63) is 39.1 Å². The molecular formula is C11H17N3O2. The minimum absolute atomic E-state index is 0.265. The van der Waals surface area contributed by atoms with Crippen molar-refractivity contribution in [2.24, 2.45) is 14.1 Å². The van der Waals surface area contributed by atoms with Gasteiger partial charge in [-0.05, 0) is 13.3 Å². The van der Waals surface area contributed by atoms with Gasteiger partial charge in [0.05, 0.1) is 5.56 Å². The van der Waals surface area contributed by atoms with Crippen LogP contribution in [0.1, 0.15) is 12.5 Å². The van der Waals surface area contributed by atoms with Crippen molar-refractivity contribution >= 4 is 5.82 Å². The zero-order valence-corrected chi connectivity index (χ0v) is 9.91. The Balaban J connectivity index is 3.61. The molecule has 1 N–H and O–H groups in total. The summed E-state index contributed by atoms with van der Waals surface area (Å²) in [4.78, 5) is 23.6. The number of hydrogen-bond donors (Lipinski definition) is 1. The minimum Gasteiger partial charge on any atom is -0.371 e. The summed E-state index contributed by atoms with van der Waals surface area (Å²) < 4.78 is 2.56. The fourth-order valence-electron chi connectivity index (χ4n) is 1.63. The molecule has 16 heavy (non-hydrogen) atoms. The first-order valence-electron chi connectivity index (χ1n) is 5.18. The predicted octanol–water partition coefficient (Wildman–Crippen LogP) is 0.244. The topological polar surface area (TPSA) is 56.0 Å². The van der Waals surface area contributed by atoms with E-state index in [-0.39, 0.29) is 11.2 Å². The lowest BCUT2D eigenvalue weighted by Gasteiger charge is -2.14. The van der Waals surface area contributed by atoms with E-state index >= 15 is 0 Å². The van der Waals surface area contributed by atoms with Crippen molar-refractivity contribution in [3.8, 4) is 0 Å². The van der Waals surface area contributed by atoms with Crippen LogP contribution < -0.4 is 16.6 Å². The van der Waals surface area contributed by atoms with Crippen LogP contribution in [0.4, 0.5) is 5.82 Å². The van der Waals surface area contributed by atoms with E-state index in [0.717, 1.165) is 4.57 Å². The second kappa shape index (κ2) is 4.83. The molecule has 0 bridgehead atoms. The van der Waals surface area contributed by atoms with Gasteiger partial charge in [-0.3, -0.25) is 13.9 Å². The van der Waals surface area contributed by atoms with Crippen LogP contribution in [0.5, 0.6) is 0 Å². The Kier molecular flexibility index (Phi) is 3.71. The summed E-state index contributed by atoms with van der Waals surface area (Å²) in [5, 5.41) is 3.04. The Morgan fingerprint density at radius 3 is 2.44 bits per heavy atom. The third-order valence-electron chi connectivity index (χ3n) is 2.45. The molecule has 0 saturated carbocycles. The second-order valence-electron chi connectivity index (χ2n) is 3.56. The fourth-order valence-corrected chi connectivity index (χ4v) is 1.63. The highest BCUT2D eigenvalue weighted by molar-refractivity contribution is 5.44. The summed E-state index contributed by atoms with van der Waals surface area (Å²) in [7, 11) is 3.12. The van der Waals surface area contributed by atoms with Crippen LogP contribution in [0.15, 0.2) is 22.2 Å². The molecule has 0 aromatic carbocycles. The molecule has 0 radical (unpaired) electrons. The van der Waals surface area contributed by atoms with Gasteiger partial charge in [-0.25, -0.2) is 4.79 Å². The second-order valence-corrected chi connectivity index (χ2v) is 3.56. The Labute approximate surface area is 94.0 Å². The van der Waals surface area contributed by atoms with E-state index < -0.39 is 0 Å². The van der Waals surface area contributed by atoms with Gasteiger partial charge < -0.3 is 5.32 Å². The maximum absolute atomic E-state index is 11.9. The van der Waals surface area contributed by atoms with Gasteiger partial charge in [0.1, 0.15) is 5.82 Å². The number of anilines is 1. The predicted molar refractivity (Wildman–Crippen MR) is 65.0 cm³/mol. The lowest BCUT2D eigenvalue weighted by Crippen LogP contribution is -2.40. The Morgan fingerprint density at radius 1 is 1.31 bits per heavy atom. The van der Waals surface area contributed by atoms with Gasteiger partial charge in [0.15, 0.2) is 0 Å². The number of nitrogens with zero attached hydrogens (tertiary/aromatic N) is 2. The molecule has 1 aromatic rings. The van der Waals surface area contributed by atoms with Gasteiger partial charge in [0, 0.05) is 20.6 Å². The molecule has 5 heteroatoms. The Morgan fingerprint density at radius 2 is 1.94 bits per heavy atom. The van der Waals surface area contributed by atoms with Crippen LogP contribution in [0.25, 0.3) is 0 Å². The summed E-state index contributed by atoms with van der Waals surface area (Å²) in [6, 6.07) is 0. The van der Waals surface area contributed by atoms with E-state index in [4.69, 9.17) is 0 Å². The number of allylic oxidation sites excluding steroid dienone is 1. The van der Waals surface area contributed by atoms with Crippen LogP contribution in [-0.2, 0) is 20.5 Å². The first-order valence-corrected chi connectivity index (χ1v) is 5.18. The quantitative estimate of drug-likeness (QED) is 0.744. The van der Waals surface area contributed by atoms with Crippen LogP contribution >= 0.6 is 0 Å². The molecule has 0 fully saturated rings. The lowest BCUT2D eigenvalue weighted by atomic mass is 10.2. The number of aromatic nitrogens is 2. The van der Waals surface area contributed by atoms with Crippen molar-refractivity contribution in [2.45, 2.75) is 13.3 Å². The number of nitrogens with one attached hydrogen (secondary N) is 1. The van der Waals surface area contributed by atoms with E-state index in [0.29, 0.717) is 24.3 Å². The summed E-state index contributed by atoms with van der Waals surface area (Å²) in [5.74, 6) is 0.579. The van der Waals surface area contributed by atoms with Gasteiger partial charge >= 0.3 is 5.69 Å². The van der Waals surface area contributed by atoms with E-state index in [2.05, 4.69) is 11.9 Å². The van der Waals surface area contributed by atoms with Crippen LogP contribution in [0, 0.1) is 0 Å². The Bertz CT molecular complexity index is 511. The van der Waals surface area contributed by atoms with Gasteiger partial charge in [-0.2, -0.15) is 0 Å². The van der Waals surface area contributed by atoms with Crippen molar-refractivity contribution < 1.29 is 0 Å². The molecule has 1 aromatic heterocycles. The maximum Gasteiger partial charge on any atom is 0.332 e. The van der Waals surface area contributed by atoms with E-state index in [9.17, 15) is 9.59 Å². The smallest absolute Gasteiger partial charge is 0.332 e. The van der Waals surface area contributed by atoms with Gasteiger partial charge in [-0.15, -0.1) is 6.58 Å². The summed E-state index contributed by atoms with van der Waals surface area (Å²) in [6.07, 6.45) is 2.10. The number of hydrogen-bond acceptors (Lipinski definition) is 3. The first kappa shape index (κ1) is 12.3. The Hall–Kier alpha value is -1.78. The number of rotatable bonds is 4. The van der Waals surface area contributed by atoms with Gasteiger partial charge in [0.25, 0.3) is 5.56 Å². The molecule has 1 rings (SSSR count). The van der Waals surface area contributed by atoms with Crippen molar-refractivity contribution in [1.82, 2.24) is 9.13 Å². The monoisotopic (exact) mass is 223 g/mol. The summed E-state index contributed by atoms with van der Waals surface area (Å²) in [6.45, 7) is 6.19. The molecule has 88 valence electrons. The molecule has 0 saturated heterocycles. The van der Waals surface area contributed by atoms with E-state index in [1.54, 1.807) is 13.1 Å². The third-order valence-corrected chi connectivity index (χ3v) is 2.45. The normalized spacial score (nSPS) is 10.2. The zero-order chi connectivity index (χ0) is 12.3. The highest BCUT2D eigenvalue weighted by Crippen LogP contribution is 2.08. The zero-order valence-electron chi connectivity index (χ0n) is 9.91. The molecular weight excluding hydrogens is 206 g/mol. The van der Waals surface area contributed by atoms with Gasteiger partial charge in [0.2, 0.25) is 0 Å². The summed E-state index contributed by atoms with van der Waals surface area (Å²) in [5.41, 5.74) is -0.0193. The fraction of sp³-hybridized carbons (Fsp3) is 0.455. The van der Waals surface area contributed by atoms with E-state index in [1.807, 2.05) is 6.92 Å². The average Bonchev–Trinajstić information content (AvgIpc) is 2.28. The molecule has 0 aliphatic rings. The highest BCUT2D eigenvalue weighted by Gasteiger charge is 2.13. The molecule has 0 amide bonds. The molecule has 0 aliphatic carbocycles. The molecule has 5 nitrogen and oxygen atoms in total. The minimum atomic E-state index is -0.325. The average molecular weight is 223 g/mol. The standard InChI is InChI=1S/C11H17N3O2/c1-5-7-8-9(12-6-2)13(3)11(16)14(4)10(8)15/h5,12H,1,6-7H2,2-4H3. The maximum atomic E-state index is 11.9. The lowest BCUT2D eigenvalue weighted by molar-refractivity contribution is 0.677. The largest absolute Gasteiger partial charge is 0.371 e. The summed E-state index contributed by atoms with van der Waals surface area (Å²) >= 11 is 0. The molecule has 1 heterocycles. The molecule has 0 aliphatic heterocycles. The SMILES string of the molecule is C=CCc1c(NCC)n(C)c(=O)n(C)c1=O. The van der Waals surface area contributed by atoms with Gasteiger partial charge in [-0.1, -0.05) is 6.08 Å². The van der Waals surface area contributed by atoms with Crippen LogP contribution in [0.2, 0.25) is 0 Å². The molecule has 0 spiro atoms. The molecule has 0 unspecified atom stereocenters. The van der Waals surface area contributed by atoms with Crippen LogP contribution in [0.3, 0.4) is 0 Å². The van der Waals surface area contributed by atoms with Crippen molar-refractivity contribution in [3.63, 3.8) is 0 Å². The molecule has 0 atom stereocenters. The van der Waals surface area contributed by atoms with Crippen molar-refractivity contribution in [1.29, 1.82) is 0 Å². The van der Waals surface area contributed by atoms with Crippen LogP contribution in [-0.4, -0.2) is 15.7 Å². The first-order chi connectivity index (χ1) is 7.54. The highest BCUT2D eigenvalue weighted by atomic mass is 16.2.